The molecule has 126 valence electrons. The molecule has 3 heteroatoms. The summed E-state index contributed by atoms with van der Waals surface area (Å²) in [5, 5.41) is 2.45. The van der Waals surface area contributed by atoms with Crippen LogP contribution in [0, 0.1) is 0 Å². The van der Waals surface area contributed by atoms with E-state index in [1.54, 1.807) is 0 Å². The average Bonchev–Trinajstić information content (AvgIpc) is 2.61. The minimum Gasteiger partial charge on any atom is -0.443 e. The normalized spacial score (nSPS) is 21.7. The standard InChI is InChI=1S/C21H25NO2/c1-16(18-10-9-17-7-3-4-8-19(17)15-18)22-14-13-21(24-20(22)23)11-5-2-6-12-21/h3-4,7-10,15-16H,2,5-6,11-14H2,1H3. The van der Waals surface area contributed by atoms with E-state index in [0.29, 0.717) is 0 Å². The Morgan fingerprint density at radius 1 is 1.00 bits per heavy atom. The van der Waals surface area contributed by atoms with Gasteiger partial charge in [0.15, 0.2) is 0 Å². The number of rotatable bonds is 2. The molecular formula is C21H25NO2. The highest BCUT2D eigenvalue weighted by Gasteiger charge is 2.42. The van der Waals surface area contributed by atoms with Crippen molar-refractivity contribution in [3.05, 3.63) is 48.0 Å². The number of carbonyl (C=O) groups excluding carboxylic acids is 1. The highest BCUT2D eigenvalue weighted by Crippen LogP contribution is 2.39. The number of benzene rings is 2. The molecule has 1 spiro atoms. The predicted molar refractivity (Wildman–Crippen MR) is 96.0 cm³/mol. The maximum atomic E-state index is 12.6. The third kappa shape index (κ3) is 2.77. The second-order valence-corrected chi connectivity index (χ2v) is 7.34. The lowest BCUT2D eigenvalue weighted by Gasteiger charge is -2.45. The van der Waals surface area contributed by atoms with Crippen molar-refractivity contribution in [1.29, 1.82) is 0 Å². The Morgan fingerprint density at radius 3 is 2.50 bits per heavy atom. The summed E-state index contributed by atoms with van der Waals surface area (Å²) in [5.74, 6) is 0. The second-order valence-electron chi connectivity index (χ2n) is 7.34. The lowest BCUT2D eigenvalue weighted by Crippen LogP contribution is -2.51. The molecule has 1 heterocycles. The summed E-state index contributed by atoms with van der Waals surface area (Å²) in [7, 11) is 0. The Kier molecular flexibility index (Phi) is 3.95. The molecule has 1 saturated carbocycles. The summed E-state index contributed by atoms with van der Waals surface area (Å²) in [6.07, 6.45) is 6.56. The van der Waals surface area contributed by atoms with Gasteiger partial charge >= 0.3 is 6.09 Å². The van der Waals surface area contributed by atoms with Crippen LogP contribution in [0.15, 0.2) is 42.5 Å². The molecule has 0 radical (unpaired) electrons. The topological polar surface area (TPSA) is 29.5 Å². The average molecular weight is 323 g/mol. The zero-order valence-corrected chi connectivity index (χ0v) is 14.3. The van der Waals surface area contributed by atoms with Crippen molar-refractivity contribution in [2.45, 2.75) is 57.1 Å². The van der Waals surface area contributed by atoms with Crippen LogP contribution in [0.3, 0.4) is 0 Å². The lowest BCUT2D eigenvalue weighted by molar-refractivity contribution is -0.0751. The minimum atomic E-state index is -0.172. The van der Waals surface area contributed by atoms with Crippen molar-refractivity contribution in [1.82, 2.24) is 4.90 Å². The number of hydrogen-bond acceptors (Lipinski definition) is 2. The molecule has 0 aromatic heterocycles. The summed E-state index contributed by atoms with van der Waals surface area (Å²) in [6, 6.07) is 14.9. The van der Waals surface area contributed by atoms with Gasteiger partial charge in [0, 0.05) is 13.0 Å². The van der Waals surface area contributed by atoms with E-state index in [2.05, 4.69) is 49.4 Å². The Hall–Kier alpha value is -2.03. The fourth-order valence-electron chi connectivity index (χ4n) is 4.26. The smallest absolute Gasteiger partial charge is 0.410 e. The Bertz CT molecular complexity index is 748. The van der Waals surface area contributed by atoms with Crippen molar-refractivity contribution >= 4 is 16.9 Å². The van der Waals surface area contributed by atoms with Gasteiger partial charge in [-0.2, -0.15) is 0 Å². The van der Waals surface area contributed by atoms with Crippen molar-refractivity contribution in [2.75, 3.05) is 6.54 Å². The molecule has 1 atom stereocenters. The summed E-state index contributed by atoms with van der Waals surface area (Å²) in [6.45, 7) is 2.90. The van der Waals surface area contributed by atoms with Crippen LogP contribution in [-0.2, 0) is 4.74 Å². The maximum Gasteiger partial charge on any atom is 0.410 e. The second kappa shape index (κ2) is 6.12. The molecule has 24 heavy (non-hydrogen) atoms. The Morgan fingerprint density at radius 2 is 1.75 bits per heavy atom. The van der Waals surface area contributed by atoms with Gasteiger partial charge in [0.05, 0.1) is 6.04 Å². The SMILES string of the molecule is CC(c1ccc2ccccc2c1)N1CCC2(CCCCC2)OC1=O. The van der Waals surface area contributed by atoms with Crippen LogP contribution in [0.4, 0.5) is 4.79 Å². The molecule has 4 rings (SSSR count). The van der Waals surface area contributed by atoms with Crippen LogP contribution in [0.5, 0.6) is 0 Å². The monoisotopic (exact) mass is 323 g/mol. The Balaban J connectivity index is 1.53. The van der Waals surface area contributed by atoms with Gasteiger partial charge in [0.25, 0.3) is 0 Å². The minimum absolute atomic E-state index is 0.0445. The first-order valence-corrected chi connectivity index (χ1v) is 9.15. The number of carbonyl (C=O) groups is 1. The van der Waals surface area contributed by atoms with Crippen molar-refractivity contribution in [3.8, 4) is 0 Å². The van der Waals surface area contributed by atoms with Crippen LogP contribution in [0.1, 0.15) is 57.1 Å². The van der Waals surface area contributed by atoms with Crippen molar-refractivity contribution < 1.29 is 9.53 Å². The molecule has 1 aliphatic heterocycles. The molecule has 2 aromatic carbocycles. The van der Waals surface area contributed by atoms with E-state index in [1.165, 1.54) is 35.6 Å². The molecule has 1 amide bonds. The van der Waals surface area contributed by atoms with Crippen LogP contribution in [0.2, 0.25) is 0 Å². The highest BCUT2D eigenvalue weighted by atomic mass is 16.6. The molecule has 1 unspecified atom stereocenters. The van der Waals surface area contributed by atoms with Crippen LogP contribution < -0.4 is 0 Å². The van der Waals surface area contributed by atoms with Crippen LogP contribution in [0.25, 0.3) is 10.8 Å². The molecule has 2 aromatic rings. The molecule has 1 saturated heterocycles. The van der Waals surface area contributed by atoms with Gasteiger partial charge in [-0.15, -0.1) is 0 Å². The summed E-state index contributed by atoms with van der Waals surface area (Å²) in [5.41, 5.74) is 1.000. The number of hydrogen-bond donors (Lipinski definition) is 0. The molecule has 2 fully saturated rings. The van der Waals surface area contributed by atoms with E-state index in [-0.39, 0.29) is 17.7 Å². The van der Waals surface area contributed by atoms with E-state index in [9.17, 15) is 4.79 Å². The van der Waals surface area contributed by atoms with E-state index in [4.69, 9.17) is 4.74 Å². The zero-order valence-electron chi connectivity index (χ0n) is 14.3. The predicted octanol–water partition coefficient (Wildman–Crippen LogP) is 5.45. The van der Waals surface area contributed by atoms with E-state index in [1.807, 2.05) is 4.90 Å². The quantitative estimate of drug-likeness (QED) is 0.736. The fourth-order valence-corrected chi connectivity index (χ4v) is 4.26. The molecular weight excluding hydrogens is 298 g/mol. The molecule has 0 N–H and O–H groups in total. The third-order valence-corrected chi connectivity index (χ3v) is 5.83. The molecule has 1 aliphatic carbocycles. The first-order valence-electron chi connectivity index (χ1n) is 9.15. The van der Waals surface area contributed by atoms with Gasteiger partial charge in [0.2, 0.25) is 0 Å². The Labute approximate surface area is 143 Å². The van der Waals surface area contributed by atoms with Gasteiger partial charge in [-0.1, -0.05) is 42.8 Å². The first kappa shape index (κ1) is 15.5. The maximum absolute atomic E-state index is 12.6. The van der Waals surface area contributed by atoms with Crippen molar-refractivity contribution in [3.63, 3.8) is 0 Å². The molecule has 3 nitrogen and oxygen atoms in total. The van der Waals surface area contributed by atoms with Crippen LogP contribution in [-0.4, -0.2) is 23.1 Å². The van der Waals surface area contributed by atoms with E-state index in [0.717, 1.165) is 25.8 Å². The first-order chi connectivity index (χ1) is 11.7. The lowest BCUT2D eigenvalue weighted by atomic mass is 9.81. The third-order valence-electron chi connectivity index (χ3n) is 5.83. The van der Waals surface area contributed by atoms with Gasteiger partial charge in [-0.3, -0.25) is 0 Å². The van der Waals surface area contributed by atoms with E-state index < -0.39 is 0 Å². The number of fused-ring (bicyclic) bond motifs is 1. The van der Waals surface area contributed by atoms with Crippen molar-refractivity contribution in [2.24, 2.45) is 0 Å². The van der Waals surface area contributed by atoms with Gasteiger partial charge in [-0.25, -0.2) is 4.79 Å². The summed E-state index contributed by atoms with van der Waals surface area (Å²) >= 11 is 0. The largest absolute Gasteiger partial charge is 0.443 e. The fraction of sp³-hybridized carbons (Fsp3) is 0.476. The molecule has 0 bridgehead atoms. The molecule has 2 aliphatic rings. The van der Waals surface area contributed by atoms with Gasteiger partial charge in [-0.05, 0) is 55.0 Å². The number of amides is 1. The van der Waals surface area contributed by atoms with E-state index >= 15 is 0 Å². The summed E-state index contributed by atoms with van der Waals surface area (Å²) in [4.78, 5) is 14.5. The number of ether oxygens (including phenoxy) is 1. The summed E-state index contributed by atoms with van der Waals surface area (Å²) < 4.78 is 5.94. The zero-order chi connectivity index (χ0) is 16.6. The number of nitrogens with zero attached hydrogens (tertiary/aromatic N) is 1. The van der Waals surface area contributed by atoms with Gasteiger partial charge < -0.3 is 9.64 Å². The highest BCUT2D eigenvalue weighted by molar-refractivity contribution is 5.83. The van der Waals surface area contributed by atoms with Crippen LogP contribution >= 0.6 is 0 Å². The van der Waals surface area contributed by atoms with Gasteiger partial charge in [0.1, 0.15) is 5.60 Å².